The molecule has 2 aromatic heterocycles. The predicted octanol–water partition coefficient (Wildman–Crippen LogP) is 3.71. The fourth-order valence-electron chi connectivity index (χ4n) is 1.60. The number of hydrogen-bond acceptors (Lipinski definition) is 5. The minimum absolute atomic E-state index is 0.211. The molecule has 3 nitrogen and oxygen atoms in total. The van der Waals surface area contributed by atoms with Crippen LogP contribution in [0.1, 0.15) is 21.5 Å². The minimum Gasteiger partial charge on any atom is -0.329 e. The molecule has 0 aliphatic carbocycles. The van der Waals surface area contributed by atoms with Gasteiger partial charge in [0.25, 0.3) is 0 Å². The monoisotopic (exact) mass is 343 g/mol. The summed E-state index contributed by atoms with van der Waals surface area (Å²) >= 11 is 6.81. The summed E-state index contributed by atoms with van der Waals surface area (Å²) < 4.78 is 1.12. The van der Waals surface area contributed by atoms with Crippen molar-refractivity contribution in [3.63, 3.8) is 0 Å². The number of thiophene rings is 1. The van der Waals surface area contributed by atoms with Crippen LogP contribution in [-0.4, -0.2) is 16.5 Å². The van der Waals surface area contributed by atoms with Gasteiger partial charge in [-0.3, -0.25) is 0 Å². The number of hydrogen-bond donors (Lipinski definition) is 1. The zero-order valence-electron chi connectivity index (χ0n) is 10.2. The number of aryl methyl sites for hydroxylation is 2. The van der Waals surface area contributed by atoms with Crippen molar-refractivity contribution >= 4 is 39.0 Å². The van der Waals surface area contributed by atoms with Gasteiger partial charge < -0.3 is 5.73 Å². The number of nitrogens with two attached hydrogens (primary N) is 1. The smallest absolute Gasteiger partial charge is 0.188 e. The van der Waals surface area contributed by atoms with Crippen molar-refractivity contribution in [3.8, 4) is 0 Å². The van der Waals surface area contributed by atoms with Crippen molar-refractivity contribution < 1.29 is 0 Å². The average Bonchev–Trinajstić information content (AvgIpc) is 2.71. The molecule has 1 unspecified atom stereocenters. The van der Waals surface area contributed by atoms with Crippen LogP contribution < -0.4 is 5.73 Å². The van der Waals surface area contributed by atoms with E-state index in [9.17, 15) is 0 Å². The second-order valence-corrected chi connectivity index (χ2v) is 7.58. The predicted molar refractivity (Wildman–Crippen MR) is 81.2 cm³/mol. The summed E-state index contributed by atoms with van der Waals surface area (Å²) in [4.78, 5) is 10.1. The molecule has 0 saturated carbocycles. The Hall–Kier alpha value is -0.430. The van der Waals surface area contributed by atoms with E-state index in [0.717, 1.165) is 20.3 Å². The summed E-state index contributed by atoms with van der Waals surface area (Å²) in [5.74, 6) is 0. The van der Waals surface area contributed by atoms with Gasteiger partial charge in [-0.25, -0.2) is 9.97 Å². The zero-order chi connectivity index (χ0) is 13.1. The van der Waals surface area contributed by atoms with Crippen molar-refractivity contribution in [2.24, 2.45) is 5.73 Å². The Bertz CT molecular complexity index is 522. The lowest BCUT2D eigenvalue weighted by molar-refractivity contribution is 0.882. The Morgan fingerprint density at radius 2 is 2.00 bits per heavy atom. The molecule has 0 fully saturated rings. The standard InChI is InChI=1S/C12H14BrN3S2/c1-7-5-8(2)16-12(15-7)18-10(6-14)9-3-4-11(13)17-9/h3-5,10H,6,14H2,1-2H3. The molecule has 0 saturated heterocycles. The van der Waals surface area contributed by atoms with Crippen LogP contribution in [0, 0.1) is 13.8 Å². The molecule has 0 radical (unpaired) electrons. The zero-order valence-corrected chi connectivity index (χ0v) is 13.4. The van der Waals surface area contributed by atoms with Crippen molar-refractivity contribution in [1.29, 1.82) is 0 Å². The number of rotatable bonds is 4. The Kier molecular flexibility index (Phi) is 4.77. The van der Waals surface area contributed by atoms with Gasteiger partial charge in [0.15, 0.2) is 5.16 Å². The molecule has 96 valence electrons. The summed E-state index contributed by atoms with van der Waals surface area (Å²) in [6, 6.07) is 6.12. The second-order valence-electron chi connectivity index (χ2n) is 3.92. The molecule has 18 heavy (non-hydrogen) atoms. The number of halogens is 1. The number of nitrogens with zero attached hydrogens (tertiary/aromatic N) is 2. The lowest BCUT2D eigenvalue weighted by Gasteiger charge is -2.11. The van der Waals surface area contributed by atoms with Gasteiger partial charge in [0.1, 0.15) is 0 Å². The van der Waals surface area contributed by atoms with E-state index in [2.05, 4.69) is 32.0 Å². The van der Waals surface area contributed by atoms with E-state index in [0.29, 0.717) is 6.54 Å². The van der Waals surface area contributed by atoms with Crippen LogP contribution in [0.25, 0.3) is 0 Å². The molecule has 0 bridgehead atoms. The van der Waals surface area contributed by atoms with Crippen LogP contribution >= 0.6 is 39.0 Å². The average molecular weight is 344 g/mol. The van der Waals surface area contributed by atoms with Crippen molar-refractivity contribution in [3.05, 3.63) is 38.3 Å². The third kappa shape index (κ3) is 3.54. The van der Waals surface area contributed by atoms with Gasteiger partial charge in [-0.2, -0.15) is 0 Å². The van der Waals surface area contributed by atoms with Gasteiger partial charge >= 0.3 is 0 Å². The molecule has 2 aromatic rings. The first kappa shape index (κ1) is 14.0. The van der Waals surface area contributed by atoms with E-state index < -0.39 is 0 Å². The summed E-state index contributed by atoms with van der Waals surface area (Å²) in [5.41, 5.74) is 7.84. The maximum absolute atomic E-state index is 5.85. The molecular formula is C12H14BrN3S2. The van der Waals surface area contributed by atoms with Gasteiger partial charge in [-0.05, 0) is 48.0 Å². The van der Waals surface area contributed by atoms with Crippen molar-refractivity contribution in [1.82, 2.24) is 9.97 Å². The number of thioether (sulfide) groups is 1. The number of aromatic nitrogens is 2. The highest BCUT2D eigenvalue weighted by molar-refractivity contribution is 9.11. The Labute approximate surface area is 123 Å². The lowest BCUT2D eigenvalue weighted by Crippen LogP contribution is -2.09. The molecule has 6 heteroatoms. The Morgan fingerprint density at radius 3 is 2.50 bits per heavy atom. The molecule has 0 aliphatic heterocycles. The maximum atomic E-state index is 5.85. The van der Waals surface area contributed by atoms with Crippen molar-refractivity contribution in [2.45, 2.75) is 24.3 Å². The topological polar surface area (TPSA) is 51.8 Å². The molecule has 0 spiro atoms. The summed E-state index contributed by atoms with van der Waals surface area (Å²) in [6.45, 7) is 4.55. The Balaban J connectivity index is 2.20. The second kappa shape index (κ2) is 6.14. The molecule has 1 atom stereocenters. The Morgan fingerprint density at radius 1 is 1.33 bits per heavy atom. The molecular weight excluding hydrogens is 330 g/mol. The van der Waals surface area contributed by atoms with Gasteiger partial charge in [-0.15, -0.1) is 11.3 Å². The van der Waals surface area contributed by atoms with Gasteiger partial charge in [0, 0.05) is 22.8 Å². The fraction of sp³-hybridized carbons (Fsp3) is 0.333. The van der Waals surface area contributed by atoms with Gasteiger partial charge in [0.2, 0.25) is 0 Å². The highest BCUT2D eigenvalue weighted by Gasteiger charge is 2.15. The summed E-state index contributed by atoms with van der Waals surface area (Å²) in [5, 5.41) is 1.01. The highest BCUT2D eigenvalue weighted by Crippen LogP contribution is 2.37. The fourth-order valence-corrected chi connectivity index (χ4v) is 4.24. The van der Waals surface area contributed by atoms with Gasteiger partial charge in [-0.1, -0.05) is 11.8 Å². The van der Waals surface area contributed by atoms with E-state index >= 15 is 0 Å². The van der Waals surface area contributed by atoms with Crippen LogP contribution in [0.15, 0.2) is 27.1 Å². The molecule has 0 aromatic carbocycles. The molecule has 2 N–H and O–H groups in total. The first-order chi connectivity index (χ1) is 8.58. The normalized spacial score (nSPS) is 12.7. The van der Waals surface area contributed by atoms with Crippen LogP contribution in [0.4, 0.5) is 0 Å². The van der Waals surface area contributed by atoms with Crippen LogP contribution in [0.3, 0.4) is 0 Å². The van der Waals surface area contributed by atoms with E-state index in [1.165, 1.54) is 4.88 Å². The summed E-state index contributed by atoms with van der Waals surface area (Å²) in [7, 11) is 0. The molecule has 2 heterocycles. The molecule has 2 rings (SSSR count). The van der Waals surface area contributed by atoms with E-state index in [1.807, 2.05) is 26.0 Å². The van der Waals surface area contributed by atoms with E-state index in [4.69, 9.17) is 5.73 Å². The minimum atomic E-state index is 0.211. The largest absolute Gasteiger partial charge is 0.329 e. The van der Waals surface area contributed by atoms with Crippen LogP contribution in [0.5, 0.6) is 0 Å². The molecule has 0 amide bonds. The lowest BCUT2D eigenvalue weighted by atomic mass is 10.3. The maximum Gasteiger partial charge on any atom is 0.188 e. The summed E-state index contributed by atoms with van der Waals surface area (Å²) in [6.07, 6.45) is 0. The molecule has 0 aliphatic rings. The third-order valence-electron chi connectivity index (χ3n) is 2.33. The van der Waals surface area contributed by atoms with Crippen LogP contribution in [-0.2, 0) is 0 Å². The third-order valence-corrected chi connectivity index (χ3v) is 5.35. The first-order valence-electron chi connectivity index (χ1n) is 5.52. The van der Waals surface area contributed by atoms with Gasteiger partial charge in [0.05, 0.1) is 9.04 Å². The van der Waals surface area contributed by atoms with Crippen LogP contribution in [0.2, 0.25) is 0 Å². The highest BCUT2D eigenvalue weighted by atomic mass is 79.9. The quantitative estimate of drug-likeness (QED) is 0.679. The van der Waals surface area contributed by atoms with Crippen molar-refractivity contribution in [2.75, 3.05) is 6.54 Å². The first-order valence-corrected chi connectivity index (χ1v) is 8.01. The van der Waals surface area contributed by atoms with E-state index in [-0.39, 0.29) is 5.25 Å². The SMILES string of the molecule is Cc1cc(C)nc(SC(CN)c2ccc(Br)s2)n1. The van der Waals surface area contributed by atoms with E-state index in [1.54, 1.807) is 23.1 Å².